The van der Waals surface area contributed by atoms with Crippen molar-refractivity contribution in [3.8, 4) is 0 Å². The zero-order valence-corrected chi connectivity index (χ0v) is 6.13. The Morgan fingerprint density at radius 3 is 2.60 bits per heavy atom. The van der Waals surface area contributed by atoms with Crippen molar-refractivity contribution in [2.45, 2.75) is 26.2 Å². The van der Waals surface area contributed by atoms with Crippen LogP contribution in [-0.2, 0) is 4.79 Å². The van der Waals surface area contributed by atoms with Gasteiger partial charge in [-0.15, -0.1) is 0 Å². The molecule has 0 spiro atoms. The van der Waals surface area contributed by atoms with Gasteiger partial charge in [-0.3, -0.25) is 4.79 Å². The molecular weight excluding hydrogens is 128 g/mol. The lowest BCUT2D eigenvalue weighted by Gasteiger charge is -1.97. The average Bonchev–Trinajstić information content (AvgIpc) is 2.71. The zero-order valence-electron chi connectivity index (χ0n) is 6.13. The molecule has 1 N–H and O–H groups in total. The Morgan fingerprint density at radius 2 is 2.30 bits per heavy atom. The average molecular weight is 140 g/mol. The SMILES string of the molecule is CC/C(=C\O)C(=O)C1CC1. The van der Waals surface area contributed by atoms with Crippen molar-refractivity contribution >= 4 is 5.78 Å². The summed E-state index contributed by atoms with van der Waals surface area (Å²) in [4.78, 5) is 11.1. The predicted molar refractivity (Wildman–Crippen MR) is 38.7 cm³/mol. The number of carbonyl (C=O) groups excluding carboxylic acids is 1. The van der Waals surface area contributed by atoms with Crippen LogP contribution in [0.1, 0.15) is 26.2 Å². The van der Waals surface area contributed by atoms with E-state index in [2.05, 4.69) is 0 Å². The smallest absolute Gasteiger partial charge is 0.164 e. The zero-order chi connectivity index (χ0) is 7.56. The Kier molecular flexibility index (Phi) is 2.10. The topological polar surface area (TPSA) is 37.3 Å². The Bertz CT molecular complexity index is 166. The van der Waals surface area contributed by atoms with Gasteiger partial charge in [-0.2, -0.15) is 0 Å². The van der Waals surface area contributed by atoms with E-state index >= 15 is 0 Å². The van der Waals surface area contributed by atoms with Crippen LogP contribution in [0.5, 0.6) is 0 Å². The molecule has 0 radical (unpaired) electrons. The third-order valence-electron chi connectivity index (χ3n) is 1.80. The number of Topliss-reactive ketones (excluding diaryl/α,β-unsaturated/α-hetero) is 1. The van der Waals surface area contributed by atoms with Crippen molar-refractivity contribution in [2.24, 2.45) is 5.92 Å². The van der Waals surface area contributed by atoms with E-state index in [0.717, 1.165) is 19.1 Å². The number of aliphatic hydroxyl groups excluding tert-OH is 1. The summed E-state index contributed by atoms with van der Waals surface area (Å²) in [6.45, 7) is 1.88. The van der Waals surface area contributed by atoms with E-state index in [1.807, 2.05) is 6.92 Å². The highest BCUT2D eigenvalue weighted by molar-refractivity contribution is 5.98. The third-order valence-corrected chi connectivity index (χ3v) is 1.80. The van der Waals surface area contributed by atoms with Crippen LogP contribution in [0.4, 0.5) is 0 Å². The second kappa shape index (κ2) is 2.86. The molecule has 1 rings (SSSR count). The summed E-state index contributed by atoms with van der Waals surface area (Å²) in [7, 11) is 0. The minimum atomic E-state index is 0.144. The molecule has 10 heavy (non-hydrogen) atoms. The first kappa shape index (κ1) is 7.32. The van der Waals surface area contributed by atoms with Crippen molar-refractivity contribution in [3.05, 3.63) is 11.8 Å². The second-order valence-electron chi connectivity index (χ2n) is 2.65. The van der Waals surface area contributed by atoms with Crippen molar-refractivity contribution in [1.29, 1.82) is 0 Å². The van der Waals surface area contributed by atoms with Crippen molar-refractivity contribution < 1.29 is 9.90 Å². The van der Waals surface area contributed by atoms with Crippen molar-refractivity contribution in [1.82, 2.24) is 0 Å². The molecule has 2 nitrogen and oxygen atoms in total. The fourth-order valence-corrected chi connectivity index (χ4v) is 0.937. The van der Waals surface area contributed by atoms with Crippen molar-refractivity contribution in [2.75, 3.05) is 0 Å². The van der Waals surface area contributed by atoms with Gasteiger partial charge in [-0.05, 0) is 19.3 Å². The summed E-state index contributed by atoms with van der Waals surface area (Å²) >= 11 is 0. The van der Waals surface area contributed by atoms with Crippen LogP contribution in [0.3, 0.4) is 0 Å². The Hall–Kier alpha value is -0.790. The molecule has 0 heterocycles. The van der Waals surface area contributed by atoms with Gasteiger partial charge >= 0.3 is 0 Å². The number of carbonyl (C=O) groups is 1. The maximum absolute atomic E-state index is 11.1. The van der Waals surface area contributed by atoms with E-state index in [9.17, 15) is 4.79 Å². The lowest BCUT2D eigenvalue weighted by molar-refractivity contribution is -0.116. The van der Waals surface area contributed by atoms with Gasteiger partial charge < -0.3 is 5.11 Å². The first-order valence-electron chi connectivity index (χ1n) is 3.67. The molecule has 56 valence electrons. The summed E-state index contributed by atoms with van der Waals surface area (Å²) in [6.07, 6.45) is 3.61. The van der Waals surface area contributed by atoms with Gasteiger partial charge in [0, 0.05) is 11.5 Å². The van der Waals surface area contributed by atoms with Crippen LogP contribution in [0.15, 0.2) is 11.8 Å². The molecule has 0 amide bonds. The molecule has 1 aliphatic carbocycles. The van der Waals surface area contributed by atoms with Crippen LogP contribution < -0.4 is 0 Å². The van der Waals surface area contributed by atoms with Crippen LogP contribution in [0.2, 0.25) is 0 Å². The summed E-state index contributed by atoms with van der Waals surface area (Å²) in [5.74, 6) is 0.378. The van der Waals surface area contributed by atoms with Crippen molar-refractivity contribution in [3.63, 3.8) is 0 Å². The van der Waals surface area contributed by atoms with Crippen LogP contribution >= 0.6 is 0 Å². The van der Waals surface area contributed by atoms with Gasteiger partial charge in [0.1, 0.15) is 0 Å². The van der Waals surface area contributed by atoms with E-state index in [0.29, 0.717) is 12.0 Å². The molecule has 2 heteroatoms. The highest BCUT2D eigenvalue weighted by atomic mass is 16.2. The first-order chi connectivity index (χ1) is 4.79. The molecule has 0 aromatic heterocycles. The van der Waals surface area contributed by atoms with E-state index in [1.54, 1.807) is 0 Å². The molecule has 1 saturated carbocycles. The molecule has 1 aliphatic rings. The standard InChI is InChI=1S/C8H12O2/c1-2-6(5-9)8(10)7-3-4-7/h5,7,9H,2-4H2,1H3/b6-5+. The Labute approximate surface area is 60.6 Å². The normalized spacial score (nSPS) is 19.1. The minimum Gasteiger partial charge on any atom is -0.515 e. The molecule has 0 unspecified atom stereocenters. The van der Waals surface area contributed by atoms with Gasteiger partial charge in [0.05, 0.1) is 6.26 Å². The highest BCUT2D eigenvalue weighted by Gasteiger charge is 2.30. The van der Waals surface area contributed by atoms with E-state index in [-0.39, 0.29) is 11.7 Å². The predicted octanol–water partition coefficient (Wildman–Crippen LogP) is 1.82. The molecule has 0 aliphatic heterocycles. The van der Waals surface area contributed by atoms with Crippen LogP contribution in [0.25, 0.3) is 0 Å². The second-order valence-corrected chi connectivity index (χ2v) is 2.65. The first-order valence-corrected chi connectivity index (χ1v) is 3.67. The molecule has 0 bridgehead atoms. The van der Waals surface area contributed by atoms with Crippen LogP contribution in [-0.4, -0.2) is 10.9 Å². The molecule has 1 fully saturated rings. The molecule has 0 aromatic carbocycles. The van der Waals surface area contributed by atoms with Gasteiger partial charge in [-0.1, -0.05) is 6.92 Å². The maximum Gasteiger partial charge on any atom is 0.164 e. The maximum atomic E-state index is 11.1. The fourth-order valence-electron chi connectivity index (χ4n) is 0.937. The number of hydrogen-bond donors (Lipinski definition) is 1. The number of allylic oxidation sites excluding steroid dienone is 1. The monoisotopic (exact) mass is 140 g/mol. The van der Waals surface area contributed by atoms with Crippen LogP contribution in [0, 0.1) is 5.92 Å². The van der Waals surface area contributed by atoms with E-state index in [4.69, 9.17) is 5.11 Å². The lowest BCUT2D eigenvalue weighted by atomic mass is 10.1. The van der Waals surface area contributed by atoms with Gasteiger partial charge in [0.15, 0.2) is 5.78 Å². The van der Waals surface area contributed by atoms with Gasteiger partial charge in [-0.25, -0.2) is 0 Å². The molecule has 0 atom stereocenters. The summed E-state index contributed by atoms with van der Waals surface area (Å²) in [5, 5.41) is 8.59. The number of aliphatic hydroxyl groups is 1. The Morgan fingerprint density at radius 1 is 1.70 bits per heavy atom. The largest absolute Gasteiger partial charge is 0.515 e. The van der Waals surface area contributed by atoms with E-state index < -0.39 is 0 Å². The molecular formula is C8H12O2. The number of hydrogen-bond acceptors (Lipinski definition) is 2. The molecule has 0 aromatic rings. The highest BCUT2D eigenvalue weighted by Crippen LogP contribution is 2.32. The molecule has 0 saturated heterocycles. The number of rotatable bonds is 3. The summed E-state index contributed by atoms with van der Waals surface area (Å²) in [6, 6.07) is 0. The summed E-state index contributed by atoms with van der Waals surface area (Å²) < 4.78 is 0. The number of ketones is 1. The lowest BCUT2D eigenvalue weighted by Crippen LogP contribution is -2.03. The van der Waals surface area contributed by atoms with Gasteiger partial charge in [0.2, 0.25) is 0 Å². The fraction of sp³-hybridized carbons (Fsp3) is 0.625. The minimum absolute atomic E-state index is 0.144. The van der Waals surface area contributed by atoms with E-state index in [1.165, 1.54) is 0 Å². The summed E-state index contributed by atoms with van der Waals surface area (Å²) in [5.41, 5.74) is 0.572. The quantitative estimate of drug-likeness (QED) is 0.479. The third kappa shape index (κ3) is 1.38. The van der Waals surface area contributed by atoms with Gasteiger partial charge in [0.25, 0.3) is 0 Å². The Balaban J connectivity index is 2.52.